The van der Waals surface area contributed by atoms with Crippen molar-refractivity contribution in [3.8, 4) is 23.0 Å². The first-order chi connectivity index (χ1) is 16.6. The summed E-state index contributed by atoms with van der Waals surface area (Å²) >= 11 is 0. The third-order valence-corrected chi connectivity index (χ3v) is 5.93. The highest BCUT2D eigenvalue weighted by Crippen LogP contribution is 2.37. The molecule has 1 atom stereocenters. The van der Waals surface area contributed by atoms with Gasteiger partial charge in [0.15, 0.2) is 24.0 Å². The van der Waals surface area contributed by atoms with E-state index in [2.05, 4.69) is 4.98 Å². The maximum atomic E-state index is 12.9. The summed E-state index contributed by atoms with van der Waals surface area (Å²) in [6.07, 6.45) is 4.20. The second-order valence-corrected chi connectivity index (χ2v) is 8.15. The number of hydrogen-bond acceptors (Lipinski definition) is 7. The van der Waals surface area contributed by atoms with E-state index in [1.165, 1.54) is 0 Å². The van der Waals surface area contributed by atoms with E-state index in [0.29, 0.717) is 42.6 Å². The predicted octanol–water partition coefficient (Wildman–Crippen LogP) is 4.08. The lowest BCUT2D eigenvalue weighted by Gasteiger charge is -2.31. The number of rotatable bonds is 9. The smallest absolute Gasteiger partial charge is 0.260 e. The number of hydrogen-bond donors (Lipinski definition) is 0. The van der Waals surface area contributed by atoms with Crippen molar-refractivity contribution in [2.75, 3.05) is 41.0 Å². The van der Waals surface area contributed by atoms with Gasteiger partial charge in [0, 0.05) is 19.5 Å². The molecule has 1 saturated heterocycles. The van der Waals surface area contributed by atoms with E-state index in [1.807, 2.05) is 29.2 Å². The molecular weight excluding hydrogens is 436 g/mol. The second kappa shape index (κ2) is 11.0. The molecule has 1 aliphatic rings. The lowest BCUT2D eigenvalue weighted by molar-refractivity contribution is -0.134. The Morgan fingerprint density at radius 2 is 1.85 bits per heavy atom. The van der Waals surface area contributed by atoms with Crippen LogP contribution in [-0.2, 0) is 11.2 Å². The molecule has 1 aliphatic heterocycles. The molecule has 0 unspecified atom stereocenters. The summed E-state index contributed by atoms with van der Waals surface area (Å²) in [4.78, 5) is 19.2. The third-order valence-electron chi connectivity index (χ3n) is 5.93. The zero-order valence-electron chi connectivity index (χ0n) is 19.8. The van der Waals surface area contributed by atoms with Crippen molar-refractivity contribution in [2.24, 2.45) is 0 Å². The zero-order chi connectivity index (χ0) is 23.9. The molecule has 8 nitrogen and oxygen atoms in total. The van der Waals surface area contributed by atoms with Gasteiger partial charge in [0.25, 0.3) is 5.91 Å². The van der Waals surface area contributed by atoms with Gasteiger partial charge in [-0.3, -0.25) is 4.79 Å². The largest absolute Gasteiger partial charge is 0.497 e. The molecule has 0 spiro atoms. The van der Waals surface area contributed by atoms with E-state index in [4.69, 9.17) is 23.4 Å². The van der Waals surface area contributed by atoms with Gasteiger partial charge in [-0.2, -0.15) is 0 Å². The number of para-hydroxylation sites is 1. The Labute approximate surface area is 199 Å². The van der Waals surface area contributed by atoms with Crippen LogP contribution in [0, 0.1) is 0 Å². The number of amides is 1. The van der Waals surface area contributed by atoms with E-state index in [-0.39, 0.29) is 18.4 Å². The molecule has 4 rings (SSSR count). The summed E-state index contributed by atoms with van der Waals surface area (Å²) in [5.74, 6) is 3.69. The van der Waals surface area contributed by atoms with Gasteiger partial charge in [-0.1, -0.05) is 18.2 Å². The van der Waals surface area contributed by atoms with Gasteiger partial charge >= 0.3 is 0 Å². The number of piperidine rings is 1. The van der Waals surface area contributed by atoms with E-state index in [0.717, 1.165) is 29.9 Å². The topological polar surface area (TPSA) is 83.3 Å². The van der Waals surface area contributed by atoms with Crippen LogP contribution in [0.3, 0.4) is 0 Å². The van der Waals surface area contributed by atoms with Crippen LogP contribution < -0.4 is 18.9 Å². The monoisotopic (exact) mass is 466 g/mol. The van der Waals surface area contributed by atoms with Crippen LogP contribution in [0.1, 0.15) is 36.0 Å². The van der Waals surface area contributed by atoms with E-state index in [9.17, 15) is 4.79 Å². The maximum absolute atomic E-state index is 12.9. The van der Waals surface area contributed by atoms with Crippen LogP contribution in [0.2, 0.25) is 0 Å². The Morgan fingerprint density at radius 3 is 2.59 bits per heavy atom. The van der Waals surface area contributed by atoms with Gasteiger partial charge in [-0.25, -0.2) is 4.98 Å². The Morgan fingerprint density at radius 1 is 1.09 bits per heavy atom. The number of likely N-dealkylation sites (tertiary alicyclic amines) is 1. The van der Waals surface area contributed by atoms with Gasteiger partial charge in [0.05, 0.1) is 33.4 Å². The molecule has 0 N–H and O–H groups in total. The highest BCUT2D eigenvalue weighted by molar-refractivity contribution is 5.78. The fourth-order valence-corrected chi connectivity index (χ4v) is 4.17. The molecule has 2 aromatic carbocycles. The summed E-state index contributed by atoms with van der Waals surface area (Å²) < 4.78 is 27.8. The highest BCUT2D eigenvalue weighted by Gasteiger charge is 2.28. The van der Waals surface area contributed by atoms with Gasteiger partial charge in [-0.05, 0) is 42.7 Å². The molecule has 3 aromatic rings. The molecule has 1 aromatic heterocycles. The van der Waals surface area contributed by atoms with Crippen LogP contribution >= 0.6 is 0 Å². The van der Waals surface area contributed by atoms with Crippen LogP contribution in [0.4, 0.5) is 0 Å². The number of nitrogens with zero attached hydrogens (tertiary/aromatic N) is 2. The SMILES string of the molecule is COc1cccc(Cc2cnc([C@H]3CCCN(C(=O)COc4c(OC)cccc4OC)C3)o2)c1. The molecule has 0 radical (unpaired) electrons. The molecule has 0 aliphatic carbocycles. The molecular formula is C26H30N2O6. The maximum Gasteiger partial charge on any atom is 0.260 e. The fraction of sp³-hybridized carbons (Fsp3) is 0.385. The number of carbonyl (C=O) groups excluding carboxylic acids is 1. The van der Waals surface area contributed by atoms with Crippen LogP contribution in [-0.4, -0.2) is 56.8 Å². The van der Waals surface area contributed by atoms with Crippen molar-refractivity contribution < 1.29 is 28.2 Å². The number of carbonyl (C=O) groups is 1. The molecule has 1 amide bonds. The fourth-order valence-electron chi connectivity index (χ4n) is 4.17. The number of methoxy groups -OCH3 is 3. The van der Waals surface area contributed by atoms with Crippen LogP contribution in [0.5, 0.6) is 23.0 Å². The minimum atomic E-state index is -0.101. The second-order valence-electron chi connectivity index (χ2n) is 8.15. The van der Waals surface area contributed by atoms with Crippen molar-refractivity contribution in [3.05, 3.63) is 65.9 Å². The summed E-state index contributed by atoms with van der Waals surface area (Å²) in [7, 11) is 4.76. The van der Waals surface area contributed by atoms with Crippen molar-refractivity contribution in [1.82, 2.24) is 9.88 Å². The number of ether oxygens (including phenoxy) is 4. The lowest BCUT2D eigenvalue weighted by atomic mass is 9.98. The summed E-state index contributed by atoms with van der Waals surface area (Å²) in [5, 5.41) is 0. The quantitative estimate of drug-likeness (QED) is 0.470. The number of benzene rings is 2. The van der Waals surface area contributed by atoms with Gasteiger partial charge < -0.3 is 28.3 Å². The van der Waals surface area contributed by atoms with E-state index in [1.54, 1.807) is 45.7 Å². The Bertz CT molecular complexity index is 1090. The Kier molecular flexibility index (Phi) is 7.57. The molecule has 180 valence electrons. The average molecular weight is 467 g/mol. The molecule has 0 bridgehead atoms. The average Bonchev–Trinajstić information content (AvgIpc) is 3.35. The van der Waals surface area contributed by atoms with Crippen LogP contribution in [0.25, 0.3) is 0 Å². The number of aromatic nitrogens is 1. The Hall–Kier alpha value is -3.68. The Balaban J connectivity index is 1.37. The third kappa shape index (κ3) is 5.44. The minimum Gasteiger partial charge on any atom is -0.497 e. The lowest BCUT2D eigenvalue weighted by Crippen LogP contribution is -2.41. The molecule has 34 heavy (non-hydrogen) atoms. The normalized spacial score (nSPS) is 15.6. The van der Waals surface area contributed by atoms with E-state index >= 15 is 0 Å². The van der Waals surface area contributed by atoms with Crippen molar-refractivity contribution >= 4 is 5.91 Å². The van der Waals surface area contributed by atoms with Gasteiger partial charge in [0.2, 0.25) is 5.75 Å². The minimum absolute atomic E-state index is 0.0533. The number of oxazole rings is 1. The van der Waals surface area contributed by atoms with Crippen LogP contribution in [0.15, 0.2) is 53.1 Å². The predicted molar refractivity (Wildman–Crippen MR) is 126 cm³/mol. The summed E-state index contributed by atoms with van der Waals surface area (Å²) in [6.45, 7) is 1.12. The first-order valence-corrected chi connectivity index (χ1v) is 11.3. The van der Waals surface area contributed by atoms with E-state index < -0.39 is 0 Å². The summed E-state index contributed by atoms with van der Waals surface area (Å²) in [5.41, 5.74) is 1.09. The van der Waals surface area contributed by atoms with Crippen molar-refractivity contribution in [2.45, 2.75) is 25.2 Å². The molecule has 2 heterocycles. The van der Waals surface area contributed by atoms with Crippen molar-refractivity contribution in [3.63, 3.8) is 0 Å². The molecule has 0 saturated carbocycles. The van der Waals surface area contributed by atoms with Gasteiger partial charge in [-0.15, -0.1) is 0 Å². The highest BCUT2D eigenvalue weighted by atomic mass is 16.5. The summed E-state index contributed by atoms with van der Waals surface area (Å²) in [6, 6.07) is 13.2. The zero-order valence-corrected chi connectivity index (χ0v) is 19.8. The van der Waals surface area contributed by atoms with Crippen molar-refractivity contribution in [1.29, 1.82) is 0 Å². The van der Waals surface area contributed by atoms with Gasteiger partial charge in [0.1, 0.15) is 11.5 Å². The standard InChI is InChI=1S/C26H30N2O6/c1-30-20-9-4-7-18(13-20)14-21-15-27-26(34-21)19-8-6-12-28(16-19)24(29)17-33-25-22(31-2)10-5-11-23(25)32-3/h4-5,7,9-11,13,15,19H,6,8,12,14,16-17H2,1-3H3/t19-/m0/s1. The first-order valence-electron chi connectivity index (χ1n) is 11.3. The first kappa shape index (κ1) is 23.5. The molecule has 8 heteroatoms. The molecule has 1 fully saturated rings.